The largest absolute Gasteiger partial charge is 0.508 e. The van der Waals surface area contributed by atoms with Crippen LogP contribution in [0.15, 0.2) is 18.2 Å². The lowest BCUT2D eigenvalue weighted by Gasteiger charge is -2.02. The molecule has 0 saturated heterocycles. The number of carboxylic acids is 1. The first-order chi connectivity index (χ1) is 6.59. The highest BCUT2D eigenvalue weighted by Gasteiger charge is 2.45. The summed E-state index contributed by atoms with van der Waals surface area (Å²) in [5.74, 6) is -1.12. The minimum absolute atomic E-state index is 0.0776. The van der Waals surface area contributed by atoms with E-state index in [1.165, 1.54) is 6.07 Å². The standard InChI is InChI=1S/C10H9ClO3/c11-5-1-2-9(12)7(3-5)6-4-8(6)10(13)14/h1-3,6,8,12H,4H2,(H,13,14)/t6?,8-/m0/s1. The van der Waals surface area contributed by atoms with Crippen LogP contribution < -0.4 is 0 Å². The molecule has 1 fully saturated rings. The van der Waals surface area contributed by atoms with Crippen molar-refractivity contribution in [1.29, 1.82) is 0 Å². The Bertz CT molecular complexity index is 389. The van der Waals surface area contributed by atoms with Crippen molar-refractivity contribution in [1.82, 2.24) is 0 Å². The Morgan fingerprint density at radius 1 is 1.50 bits per heavy atom. The van der Waals surface area contributed by atoms with Crippen molar-refractivity contribution < 1.29 is 15.0 Å². The summed E-state index contributed by atoms with van der Waals surface area (Å²) in [6.07, 6.45) is 0.587. The maximum absolute atomic E-state index is 10.6. The van der Waals surface area contributed by atoms with Gasteiger partial charge in [-0.25, -0.2) is 0 Å². The molecule has 0 heterocycles. The Balaban J connectivity index is 2.26. The number of rotatable bonds is 2. The molecule has 0 amide bonds. The molecule has 1 saturated carbocycles. The topological polar surface area (TPSA) is 57.5 Å². The maximum Gasteiger partial charge on any atom is 0.307 e. The fraction of sp³-hybridized carbons (Fsp3) is 0.300. The zero-order valence-corrected chi connectivity index (χ0v) is 8.03. The fourth-order valence-corrected chi connectivity index (χ4v) is 1.81. The molecule has 0 bridgehead atoms. The fourth-order valence-electron chi connectivity index (χ4n) is 1.63. The average molecular weight is 213 g/mol. The van der Waals surface area contributed by atoms with Crippen LogP contribution in [0, 0.1) is 5.92 Å². The quantitative estimate of drug-likeness (QED) is 0.791. The molecule has 4 heteroatoms. The van der Waals surface area contributed by atoms with E-state index in [2.05, 4.69) is 0 Å². The van der Waals surface area contributed by atoms with Gasteiger partial charge >= 0.3 is 5.97 Å². The van der Waals surface area contributed by atoms with Gasteiger partial charge in [-0.3, -0.25) is 4.79 Å². The van der Waals surface area contributed by atoms with Gasteiger partial charge in [0.2, 0.25) is 0 Å². The lowest BCUT2D eigenvalue weighted by atomic mass is 10.1. The van der Waals surface area contributed by atoms with Crippen molar-refractivity contribution in [2.45, 2.75) is 12.3 Å². The van der Waals surface area contributed by atoms with E-state index in [9.17, 15) is 9.90 Å². The summed E-state index contributed by atoms with van der Waals surface area (Å²) in [5.41, 5.74) is 0.643. The average Bonchev–Trinajstić information content (AvgIpc) is 2.88. The summed E-state index contributed by atoms with van der Waals surface area (Å²) in [6.45, 7) is 0. The smallest absolute Gasteiger partial charge is 0.307 e. The van der Waals surface area contributed by atoms with Gasteiger partial charge in [0.1, 0.15) is 5.75 Å². The molecule has 0 spiro atoms. The molecular weight excluding hydrogens is 204 g/mol. The van der Waals surface area contributed by atoms with Gasteiger partial charge in [0.15, 0.2) is 0 Å². The van der Waals surface area contributed by atoms with Gasteiger partial charge in [-0.2, -0.15) is 0 Å². The van der Waals surface area contributed by atoms with Gasteiger partial charge in [0.25, 0.3) is 0 Å². The van der Waals surface area contributed by atoms with Crippen LogP contribution in [0.5, 0.6) is 5.75 Å². The molecule has 0 radical (unpaired) electrons. The van der Waals surface area contributed by atoms with Crippen LogP contribution in [-0.4, -0.2) is 16.2 Å². The zero-order chi connectivity index (χ0) is 10.3. The minimum Gasteiger partial charge on any atom is -0.508 e. The van der Waals surface area contributed by atoms with E-state index in [0.717, 1.165) is 0 Å². The Kier molecular flexibility index (Phi) is 2.11. The van der Waals surface area contributed by atoms with Crippen molar-refractivity contribution >= 4 is 17.6 Å². The number of benzene rings is 1. The molecule has 1 aromatic carbocycles. The van der Waals surface area contributed by atoms with E-state index in [1.54, 1.807) is 12.1 Å². The van der Waals surface area contributed by atoms with Crippen molar-refractivity contribution in [2.75, 3.05) is 0 Å². The van der Waals surface area contributed by atoms with E-state index < -0.39 is 5.97 Å². The number of hydrogen-bond donors (Lipinski definition) is 2. The number of phenols is 1. The lowest BCUT2D eigenvalue weighted by Crippen LogP contribution is -1.98. The number of halogens is 1. The SMILES string of the molecule is O=C(O)[C@H]1CC1c1cc(Cl)ccc1O. The van der Waals surface area contributed by atoms with Gasteiger partial charge in [-0.1, -0.05) is 11.6 Å². The number of aliphatic carboxylic acids is 1. The van der Waals surface area contributed by atoms with Gasteiger partial charge in [0, 0.05) is 10.9 Å². The van der Waals surface area contributed by atoms with Gasteiger partial charge in [0.05, 0.1) is 5.92 Å². The predicted molar refractivity (Wildman–Crippen MR) is 51.6 cm³/mol. The summed E-state index contributed by atoms with van der Waals surface area (Å²) >= 11 is 5.76. The summed E-state index contributed by atoms with van der Waals surface area (Å²) < 4.78 is 0. The molecule has 2 N–H and O–H groups in total. The van der Waals surface area contributed by atoms with Crippen molar-refractivity contribution in [3.63, 3.8) is 0 Å². The molecule has 1 aromatic rings. The molecule has 1 aliphatic rings. The molecule has 1 aliphatic carbocycles. The second-order valence-electron chi connectivity index (χ2n) is 3.49. The van der Waals surface area contributed by atoms with Crippen LogP contribution in [0.2, 0.25) is 5.02 Å². The number of hydrogen-bond acceptors (Lipinski definition) is 2. The molecule has 2 rings (SSSR count). The molecule has 0 aromatic heterocycles. The monoisotopic (exact) mass is 212 g/mol. The summed E-state index contributed by atoms with van der Waals surface area (Å²) in [4.78, 5) is 10.6. The minimum atomic E-state index is -0.811. The summed E-state index contributed by atoms with van der Waals surface area (Å²) in [7, 11) is 0. The number of aromatic hydroxyl groups is 1. The zero-order valence-electron chi connectivity index (χ0n) is 7.27. The normalized spacial score (nSPS) is 24.6. The van der Waals surface area contributed by atoms with E-state index in [0.29, 0.717) is 17.0 Å². The highest BCUT2D eigenvalue weighted by Crippen LogP contribution is 2.50. The highest BCUT2D eigenvalue weighted by molar-refractivity contribution is 6.30. The van der Waals surface area contributed by atoms with Gasteiger partial charge < -0.3 is 10.2 Å². The first-order valence-electron chi connectivity index (χ1n) is 4.31. The first kappa shape index (κ1) is 9.34. The molecule has 1 unspecified atom stereocenters. The predicted octanol–water partition coefficient (Wildman–Crippen LogP) is 2.23. The second kappa shape index (κ2) is 3.17. The molecule has 74 valence electrons. The van der Waals surface area contributed by atoms with Crippen LogP contribution in [0.4, 0.5) is 0 Å². The summed E-state index contributed by atoms with van der Waals surface area (Å²) in [5, 5.41) is 18.7. The third-order valence-electron chi connectivity index (χ3n) is 2.50. The van der Waals surface area contributed by atoms with E-state index >= 15 is 0 Å². The molecule has 14 heavy (non-hydrogen) atoms. The number of phenolic OH excluding ortho intramolecular Hbond substituents is 1. The third kappa shape index (κ3) is 1.55. The molecule has 2 atom stereocenters. The van der Waals surface area contributed by atoms with Gasteiger partial charge in [-0.05, 0) is 30.2 Å². The van der Waals surface area contributed by atoms with E-state index in [4.69, 9.17) is 16.7 Å². The Labute approximate surface area is 85.9 Å². The second-order valence-corrected chi connectivity index (χ2v) is 3.93. The Hall–Kier alpha value is -1.22. The maximum atomic E-state index is 10.6. The highest BCUT2D eigenvalue weighted by atomic mass is 35.5. The summed E-state index contributed by atoms with van der Waals surface area (Å²) in [6, 6.07) is 4.71. The molecule has 3 nitrogen and oxygen atoms in total. The van der Waals surface area contributed by atoms with E-state index in [-0.39, 0.29) is 17.6 Å². The van der Waals surface area contributed by atoms with Crippen LogP contribution in [-0.2, 0) is 4.79 Å². The number of carboxylic acid groups (broad SMARTS) is 1. The Morgan fingerprint density at radius 2 is 2.21 bits per heavy atom. The first-order valence-corrected chi connectivity index (χ1v) is 4.68. The van der Waals surface area contributed by atoms with Crippen LogP contribution >= 0.6 is 11.6 Å². The van der Waals surface area contributed by atoms with Crippen molar-refractivity contribution in [3.05, 3.63) is 28.8 Å². The molecule has 0 aliphatic heterocycles. The number of carbonyl (C=O) groups is 1. The van der Waals surface area contributed by atoms with Crippen molar-refractivity contribution in [3.8, 4) is 5.75 Å². The lowest BCUT2D eigenvalue weighted by molar-refractivity contribution is -0.138. The van der Waals surface area contributed by atoms with Crippen LogP contribution in [0.3, 0.4) is 0 Å². The Morgan fingerprint density at radius 3 is 2.79 bits per heavy atom. The van der Waals surface area contributed by atoms with Crippen molar-refractivity contribution in [2.24, 2.45) is 5.92 Å². The van der Waals surface area contributed by atoms with Crippen LogP contribution in [0.25, 0.3) is 0 Å². The van der Waals surface area contributed by atoms with Crippen LogP contribution in [0.1, 0.15) is 17.9 Å². The third-order valence-corrected chi connectivity index (χ3v) is 2.73. The molecular formula is C10H9ClO3. The van der Waals surface area contributed by atoms with Gasteiger partial charge in [-0.15, -0.1) is 0 Å². The van der Waals surface area contributed by atoms with E-state index in [1.807, 2.05) is 0 Å².